The second-order valence-corrected chi connectivity index (χ2v) is 3.81. The minimum Gasteiger partial charge on any atom is -0.469 e. The molecular weight excluding hydrogens is 246 g/mol. The molecule has 0 unspecified atom stereocenters. The minimum atomic E-state index is -0.459. The average Bonchev–Trinajstić information content (AvgIpc) is 2.44. The number of amides is 1. The summed E-state index contributed by atoms with van der Waals surface area (Å²) in [5.74, 6) is -0.806. The van der Waals surface area contributed by atoms with Gasteiger partial charge in [0.25, 0.3) is 0 Å². The van der Waals surface area contributed by atoms with Crippen molar-refractivity contribution in [2.45, 2.75) is 6.42 Å². The molecule has 0 fully saturated rings. The zero-order valence-electron chi connectivity index (χ0n) is 11.0. The fourth-order valence-electron chi connectivity index (χ4n) is 1.46. The van der Waals surface area contributed by atoms with Gasteiger partial charge in [-0.3, -0.25) is 4.79 Å². The van der Waals surface area contributed by atoms with Gasteiger partial charge in [0.1, 0.15) is 5.69 Å². The molecule has 6 nitrogen and oxygen atoms in total. The molecular formula is C13H18N3O3+. The Morgan fingerprint density at radius 3 is 2.47 bits per heavy atom. The Kier molecular flexibility index (Phi) is 5.56. The molecule has 0 aliphatic heterocycles. The summed E-state index contributed by atoms with van der Waals surface area (Å²) in [6, 6.07) is 9.10. The van der Waals surface area contributed by atoms with Crippen LogP contribution in [0.4, 0.5) is 5.69 Å². The van der Waals surface area contributed by atoms with Crippen molar-refractivity contribution in [3.63, 3.8) is 0 Å². The molecule has 1 amide bonds. The second kappa shape index (κ2) is 7.17. The molecule has 0 aromatic heterocycles. The molecule has 1 rings (SSSR count). The Labute approximate surface area is 111 Å². The zero-order valence-corrected chi connectivity index (χ0v) is 11.0. The van der Waals surface area contributed by atoms with Gasteiger partial charge in [0.05, 0.1) is 19.2 Å². The fourth-order valence-corrected chi connectivity index (χ4v) is 1.46. The predicted octanol–water partition coefficient (Wildman–Crippen LogP) is -0.639. The number of carbonyl (C=O) groups excluding carboxylic acids is 2. The minimum absolute atomic E-state index is 0.0109. The Bertz CT molecular complexity index is 483. The molecule has 19 heavy (non-hydrogen) atoms. The SMILES string of the molecule is CN/C(CC(=O)OC)=C(/N)C(=O)[NH2+]c1ccccc1. The number of hydrogen-bond acceptors (Lipinski definition) is 5. The van der Waals surface area contributed by atoms with Gasteiger partial charge in [-0.2, -0.15) is 0 Å². The number of esters is 1. The first-order chi connectivity index (χ1) is 9.08. The van der Waals surface area contributed by atoms with Gasteiger partial charge < -0.3 is 15.8 Å². The number of hydrogen-bond donors (Lipinski definition) is 3. The molecule has 0 bridgehead atoms. The Hall–Kier alpha value is -2.34. The first kappa shape index (κ1) is 14.7. The number of quaternary nitrogens is 1. The number of methoxy groups -OCH3 is 1. The highest BCUT2D eigenvalue weighted by Crippen LogP contribution is 2.02. The number of carbonyl (C=O) groups is 2. The summed E-state index contributed by atoms with van der Waals surface area (Å²) in [5.41, 5.74) is 6.87. The molecule has 0 heterocycles. The largest absolute Gasteiger partial charge is 0.469 e. The topological polar surface area (TPSA) is 98.0 Å². The van der Waals surface area contributed by atoms with Crippen LogP contribution < -0.4 is 16.4 Å². The smallest absolute Gasteiger partial charge is 0.365 e. The number of primary amides is 1. The van der Waals surface area contributed by atoms with Crippen LogP contribution in [-0.2, 0) is 14.3 Å². The van der Waals surface area contributed by atoms with Crippen molar-refractivity contribution in [3.8, 4) is 0 Å². The first-order valence-corrected chi connectivity index (χ1v) is 5.75. The Balaban J connectivity index is 2.80. The van der Waals surface area contributed by atoms with Crippen molar-refractivity contribution in [1.82, 2.24) is 5.32 Å². The van der Waals surface area contributed by atoms with Gasteiger partial charge in [0, 0.05) is 7.05 Å². The van der Waals surface area contributed by atoms with Crippen LogP contribution in [0, 0.1) is 0 Å². The number of rotatable bonds is 5. The Morgan fingerprint density at radius 2 is 1.95 bits per heavy atom. The van der Waals surface area contributed by atoms with Crippen molar-refractivity contribution < 1.29 is 19.6 Å². The van der Waals surface area contributed by atoms with E-state index in [1.54, 1.807) is 19.2 Å². The van der Waals surface area contributed by atoms with Crippen LogP contribution in [0.5, 0.6) is 0 Å². The molecule has 0 spiro atoms. The van der Waals surface area contributed by atoms with Crippen LogP contribution in [-0.4, -0.2) is 26.0 Å². The van der Waals surface area contributed by atoms with Crippen molar-refractivity contribution >= 4 is 17.6 Å². The van der Waals surface area contributed by atoms with Gasteiger partial charge in [-0.05, 0) is 12.1 Å². The summed E-state index contributed by atoms with van der Waals surface area (Å²) in [6.45, 7) is 0. The van der Waals surface area contributed by atoms with Crippen LogP contribution in [0.25, 0.3) is 0 Å². The maximum absolute atomic E-state index is 12.0. The molecule has 0 atom stereocenters. The van der Waals surface area contributed by atoms with Crippen LogP contribution in [0.1, 0.15) is 6.42 Å². The van der Waals surface area contributed by atoms with Crippen LogP contribution in [0.2, 0.25) is 0 Å². The highest BCUT2D eigenvalue weighted by molar-refractivity contribution is 5.87. The molecule has 1 aromatic rings. The van der Waals surface area contributed by atoms with Crippen LogP contribution >= 0.6 is 0 Å². The second-order valence-electron chi connectivity index (χ2n) is 3.81. The van der Waals surface area contributed by atoms with Gasteiger partial charge in [-0.15, -0.1) is 0 Å². The lowest BCUT2D eigenvalue weighted by molar-refractivity contribution is -0.479. The van der Waals surface area contributed by atoms with Gasteiger partial charge >= 0.3 is 11.9 Å². The molecule has 102 valence electrons. The fraction of sp³-hybridized carbons (Fsp3) is 0.231. The van der Waals surface area contributed by atoms with E-state index in [0.717, 1.165) is 5.69 Å². The molecule has 5 N–H and O–H groups in total. The molecule has 0 radical (unpaired) electrons. The molecule has 1 aromatic carbocycles. The molecule has 0 saturated carbocycles. The molecule has 0 aliphatic rings. The lowest BCUT2D eigenvalue weighted by Gasteiger charge is -2.08. The van der Waals surface area contributed by atoms with E-state index in [4.69, 9.17) is 5.73 Å². The maximum atomic E-state index is 12.0. The Morgan fingerprint density at radius 1 is 1.32 bits per heavy atom. The van der Waals surface area contributed by atoms with E-state index in [0.29, 0.717) is 5.70 Å². The standard InChI is InChI=1S/C13H17N3O3/c1-15-10(8-11(17)19-2)12(14)13(18)16-9-6-4-3-5-7-9/h3-7,15H,8,14H2,1-2H3,(H,16,18)/p+1/b12-10+. The molecule has 0 saturated heterocycles. The van der Waals surface area contributed by atoms with Crippen molar-refractivity contribution in [3.05, 3.63) is 41.7 Å². The highest BCUT2D eigenvalue weighted by atomic mass is 16.5. The number of nitrogens with two attached hydrogens (primary N) is 2. The van der Waals surface area contributed by atoms with Crippen molar-refractivity contribution in [1.29, 1.82) is 0 Å². The number of benzene rings is 1. The van der Waals surface area contributed by atoms with Crippen LogP contribution in [0.15, 0.2) is 41.7 Å². The third-order valence-electron chi connectivity index (χ3n) is 2.54. The third-order valence-corrected chi connectivity index (χ3v) is 2.54. The average molecular weight is 264 g/mol. The van der Waals surface area contributed by atoms with E-state index < -0.39 is 5.97 Å². The van der Waals surface area contributed by atoms with E-state index in [2.05, 4.69) is 10.1 Å². The molecule has 0 aliphatic carbocycles. The van der Waals surface area contributed by atoms with Gasteiger partial charge in [0.15, 0.2) is 5.70 Å². The lowest BCUT2D eigenvalue weighted by Crippen LogP contribution is -2.83. The quantitative estimate of drug-likeness (QED) is 0.373. The summed E-state index contributed by atoms with van der Waals surface area (Å²) >= 11 is 0. The zero-order chi connectivity index (χ0) is 14.3. The van der Waals surface area contributed by atoms with Crippen molar-refractivity contribution in [2.75, 3.05) is 14.2 Å². The molecule has 6 heteroatoms. The summed E-state index contributed by atoms with van der Waals surface area (Å²) in [7, 11) is 2.88. The highest BCUT2D eigenvalue weighted by Gasteiger charge is 2.18. The third kappa shape index (κ3) is 4.44. The van der Waals surface area contributed by atoms with Crippen LogP contribution in [0.3, 0.4) is 0 Å². The summed E-state index contributed by atoms with van der Waals surface area (Å²) in [6.07, 6.45) is -0.0623. The van der Waals surface area contributed by atoms with E-state index in [9.17, 15) is 9.59 Å². The monoisotopic (exact) mass is 264 g/mol. The van der Waals surface area contributed by atoms with Gasteiger partial charge in [0.2, 0.25) is 0 Å². The summed E-state index contributed by atoms with van der Waals surface area (Å²) < 4.78 is 4.54. The number of ether oxygens (including phenoxy) is 1. The maximum Gasteiger partial charge on any atom is 0.365 e. The van der Waals surface area contributed by atoms with Gasteiger partial charge in [-0.25, -0.2) is 10.1 Å². The number of para-hydroxylation sites is 1. The van der Waals surface area contributed by atoms with E-state index >= 15 is 0 Å². The van der Waals surface area contributed by atoms with E-state index in [1.165, 1.54) is 12.4 Å². The summed E-state index contributed by atoms with van der Waals surface area (Å²) in [5, 5.41) is 4.17. The van der Waals surface area contributed by atoms with Crippen molar-refractivity contribution in [2.24, 2.45) is 5.73 Å². The van der Waals surface area contributed by atoms with E-state index in [-0.39, 0.29) is 18.0 Å². The first-order valence-electron chi connectivity index (χ1n) is 5.75. The summed E-state index contributed by atoms with van der Waals surface area (Å²) in [4.78, 5) is 23.1. The predicted molar refractivity (Wildman–Crippen MR) is 69.9 cm³/mol. The normalized spacial score (nSPS) is 11.5. The van der Waals surface area contributed by atoms with Gasteiger partial charge in [-0.1, -0.05) is 18.2 Å². The number of nitrogens with one attached hydrogen (secondary N) is 1. The lowest BCUT2D eigenvalue weighted by atomic mass is 10.2. The van der Waals surface area contributed by atoms with E-state index in [1.807, 2.05) is 18.2 Å².